The van der Waals surface area contributed by atoms with Crippen molar-refractivity contribution in [2.75, 3.05) is 17.0 Å². The molecule has 9 nitrogen and oxygen atoms in total. The first kappa shape index (κ1) is 30.8. The summed E-state index contributed by atoms with van der Waals surface area (Å²) in [6.07, 6.45) is 1.19. The van der Waals surface area contributed by atoms with Gasteiger partial charge < -0.3 is 15.9 Å². The summed E-state index contributed by atoms with van der Waals surface area (Å²) in [5.74, 6) is 0.200. The van der Waals surface area contributed by atoms with Crippen LogP contribution >= 0.6 is 0 Å². The fraction of sp³-hybridized carbons (Fsp3) is 0.0857. The summed E-state index contributed by atoms with van der Waals surface area (Å²) in [7, 11) is -3.41. The van der Waals surface area contributed by atoms with Crippen LogP contribution in [0.25, 0.3) is 11.1 Å². The molecular weight excluding hydrogens is 586 g/mol. The van der Waals surface area contributed by atoms with E-state index in [1.807, 2.05) is 72.8 Å². The van der Waals surface area contributed by atoms with Crippen molar-refractivity contribution in [3.05, 3.63) is 150 Å². The number of nitrogens with one attached hydrogen (secondary N) is 2. The minimum absolute atomic E-state index is 0.200. The number of anilines is 2. The number of hydrazine groups is 1. The van der Waals surface area contributed by atoms with Gasteiger partial charge in [-0.1, -0.05) is 108 Å². The van der Waals surface area contributed by atoms with Crippen LogP contribution in [-0.4, -0.2) is 31.5 Å². The Labute approximate surface area is 262 Å². The highest BCUT2D eigenvalue weighted by Crippen LogP contribution is 2.28. The number of nitrogens with zero attached hydrogens (tertiary/aromatic N) is 2. The lowest BCUT2D eigenvalue weighted by molar-refractivity contribution is 0.130. The molecule has 0 radical (unpaired) electrons. The van der Waals surface area contributed by atoms with E-state index in [9.17, 15) is 13.2 Å². The summed E-state index contributed by atoms with van der Waals surface area (Å²) in [4.78, 5) is 19.2. The molecule has 2 amide bonds. The van der Waals surface area contributed by atoms with Crippen LogP contribution < -0.4 is 16.5 Å². The third-order valence-corrected chi connectivity index (χ3v) is 7.98. The summed E-state index contributed by atoms with van der Waals surface area (Å²) in [5, 5.41) is 8.44. The smallest absolute Gasteiger partial charge is 0.340 e. The number of hydrogen-bond donors (Lipinski definition) is 3. The second kappa shape index (κ2) is 14.2. The van der Waals surface area contributed by atoms with E-state index >= 15 is 0 Å². The number of benzene rings is 5. The van der Waals surface area contributed by atoms with Gasteiger partial charge in [0.15, 0.2) is 15.7 Å². The standard InChI is InChI=1S/C35H33N5O4S/c1-45(42,43)33-18-9-8-17-32(33)28-19-21-30(22-20-28)37-35(41)40(24-26-11-4-2-5-12-26)38-31-16-10-15-29(23-31)34(36)39-44-25-27-13-6-3-7-14-27/h2-23,38H,24-25H2,1H3,(H2,36,39)(H,37,41). The first-order chi connectivity index (χ1) is 21.8. The van der Waals surface area contributed by atoms with Gasteiger partial charge in [0, 0.05) is 23.1 Å². The highest BCUT2D eigenvalue weighted by Gasteiger charge is 2.17. The van der Waals surface area contributed by atoms with Crippen molar-refractivity contribution in [2.45, 2.75) is 18.0 Å². The Morgan fingerprint density at radius 3 is 2.11 bits per heavy atom. The summed E-state index contributed by atoms with van der Waals surface area (Å²) in [6, 6.07) is 39.9. The molecule has 5 aromatic carbocycles. The molecule has 0 saturated heterocycles. The fourth-order valence-electron chi connectivity index (χ4n) is 4.59. The monoisotopic (exact) mass is 619 g/mol. The van der Waals surface area contributed by atoms with E-state index < -0.39 is 15.9 Å². The number of sulfone groups is 1. The van der Waals surface area contributed by atoms with E-state index in [2.05, 4.69) is 15.9 Å². The zero-order valence-corrected chi connectivity index (χ0v) is 25.4. The fourth-order valence-corrected chi connectivity index (χ4v) is 5.50. The SMILES string of the molecule is CS(=O)(=O)c1ccccc1-c1ccc(NC(=O)N(Cc2ccccc2)Nc2cccc(/C(N)=N/OCc3ccccc3)c2)cc1. The van der Waals surface area contributed by atoms with Crippen molar-refractivity contribution in [3.8, 4) is 11.1 Å². The number of oxime groups is 1. The van der Waals surface area contributed by atoms with E-state index in [4.69, 9.17) is 10.6 Å². The molecule has 0 spiro atoms. The van der Waals surface area contributed by atoms with Gasteiger partial charge in [-0.25, -0.2) is 18.2 Å². The molecule has 0 aliphatic carbocycles. The second-order valence-electron chi connectivity index (χ2n) is 10.3. The molecule has 0 saturated carbocycles. The molecule has 5 rings (SSSR count). The minimum Gasteiger partial charge on any atom is -0.389 e. The molecule has 228 valence electrons. The Hall–Kier alpha value is -5.61. The lowest BCUT2D eigenvalue weighted by atomic mass is 10.1. The van der Waals surface area contributed by atoms with Crippen molar-refractivity contribution in [3.63, 3.8) is 0 Å². The zero-order chi connectivity index (χ0) is 31.6. The van der Waals surface area contributed by atoms with Gasteiger partial charge in [-0.2, -0.15) is 0 Å². The maximum atomic E-state index is 13.6. The quantitative estimate of drug-likeness (QED) is 0.0863. The molecule has 0 aliphatic rings. The number of hydrogen-bond acceptors (Lipinski definition) is 6. The number of urea groups is 1. The predicted molar refractivity (Wildman–Crippen MR) is 178 cm³/mol. The Kier molecular flexibility index (Phi) is 9.76. The predicted octanol–water partition coefficient (Wildman–Crippen LogP) is 6.66. The first-order valence-electron chi connectivity index (χ1n) is 14.1. The number of carbonyl (C=O) groups is 1. The molecule has 0 fully saturated rings. The van der Waals surface area contributed by atoms with Gasteiger partial charge in [0.05, 0.1) is 17.1 Å². The van der Waals surface area contributed by atoms with E-state index in [0.29, 0.717) is 22.5 Å². The van der Waals surface area contributed by atoms with Gasteiger partial charge >= 0.3 is 6.03 Å². The van der Waals surface area contributed by atoms with Crippen LogP contribution in [0.4, 0.5) is 16.2 Å². The Morgan fingerprint density at radius 2 is 1.42 bits per heavy atom. The molecule has 45 heavy (non-hydrogen) atoms. The Balaban J connectivity index is 1.31. The van der Waals surface area contributed by atoms with E-state index in [1.54, 1.807) is 60.7 Å². The van der Waals surface area contributed by atoms with E-state index in [-0.39, 0.29) is 23.9 Å². The maximum absolute atomic E-state index is 13.6. The second-order valence-corrected chi connectivity index (χ2v) is 12.3. The normalized spacial score (nSPS) is 11.4. The highest BCUT2D eigenvalue weighted by molar-refractivity contribution is 7.90. The number of nitrogens with two attached hydrogens (primary N) is 1. The average Bonchev–Trinajstić information content (AvgIpc) is 3.05. The number of amidine groups is 1. The van der Waals surface area contributed by atoms with Crippen LogP contribution in [0.2, 0.25) is 0 Å². The number of carbonyl (C=O) groups excluding carboxylic acids is 1. The highest BCUT2D eigenvalue weighted by atomic mass is 32.2. The van der Waals surface area contributed by atoms with Crippen LogP contribution in [0.3, 0.4) is 0 Å². The summed E-state index contributed by atoms with van der Waals surface area (Å²) >= 11 is 0. The van der Waals surface area contributed by atoms with Crippen LogP contribution in [0.5, 0.6) is 0 Å². The van der Waals surface area contributed by atoms with Gasteiger partial charge in [-0.15, -0.1) is 0 Å². The van der Waals surface area contributed by atoms with Gasteiger partial charge in [0.2, 0.25) is 0 Å². The lowest BCUT2D eigenvalue weighted by Gasteiger charge is -2.25. The molecule has 0 bridgehead atoms. The van der Waals surface area contributed by atoms with Crippen LogP contribution in [0.15, 0.2) is 144 Å². The topological polar surface area (TPSA) is 126 Å². The molecule has 0 heterocycles. The number of amides is 2. The van der Waals surface area contributed by atoms with Crippen molar-refractivity contribution >= 4 is 33.1 Å². The molecule has 0 aromatic heterocycles. The third kappa shape index (κ3) is 8.49. The van der Waals surface area contributed by atoms with Crippen molar-refractivity contribution < 1.29 is 18.0 Å². The van der Waals surface area contributed by atoms with Crippen LogP contribution in [0.1, 0.15) is 16.7 Å². The van der Waals surface area contributed by atoms with Crippen molar-refractivity contribution in [1.82, 2.24) is 5.01 Å². The van der Waals surface area contributed by atoms with Gasteiger partial charge in [-0.3, -0.25) is 5.43 Å². The lowest BCUT2D eigenvalue weighted by Crippen LogP contribution is -2.39. The molecule has 4 N–H and O–H groups in total. The Bertz CT molecular complexity index is 1880. The summed E-state index contributed by atoms with van der Waals surface area (Å²) in [6.45, 7) is 0.552. The van der Waals surface area contributed by atoms with E-state index in [0.717, 1.165) is 16.7 Å². The molecular formula is C35H33N5O4S. The Morgan fingerprint density at radius 1 is 0.778 bits per heavy atom. The van der Waals surface area contributed by atoms with Crippen LogP contribution in [-0.2, 0) is 27.8 Å². The third-order valence-electron chi connectivity index (χ3n) is 6.82. The molecule has 0 atom stereocenters. The first-order valence-corrected chi connectivity index (χ1v) is 16.0. The zero-order valence-electron chi connectivity index (χ0n) is 24.6. The van der Waals surface area contributed by atoms with E-state index in [1.165, 1.54) is 11.3 Å². The molecule has 5 aromatic rings. The number of rotatable bonds is 11. The van der Waals surface area contributed by atoms with Crippen molar-refractivity contribution in [1.29, 1.82) is 0 Å². The van der Waals surface area contributed by atoms with Crippen LogP contribution in [0, 0.1) is 0 Å². The molecule has 0 unspecified atom stereocenters. The average molecular weight is 620 g/mol. The largest absolute Gasteiger partial charge is 0.389 e. The summed E-state index contributed by atoms with van der Waals surface area (Å²) in [5.41, 5.74) is 14.4. The van der Waals surface area contributed by atoms with Gasteiger partial charge in [0.1, 0.15) is 6.61 Å². The van der Waals surface area contributed by atoms with Gasteiger partial charge in [-0.05, 0) is 47.0 Å². The van der Waals surface area contributed by atoms with Crippen molar-refractivity contribution in [2.24, 2.45) is 10.9 Å². The maximum Gasteiger partial charge on any atom is 0.340 e. The molecule has 10 heteroatoms. The van der Waals surface area contributed by atoms with Gasteiger partial charge in [0.25, 0.3) is 0 Å². The summed E-state index contributed by atoms with van der Waals surface area (Å²) < 4.78 is 24.6. The molecule has 0 aliphatic heterocycles. The minimum atomic E-state index is -3.41.